The molecule has 0 radical (unpaired) electrons. The summed E-state index contributed by atoms with van der Waals surface area (Å²) in [7, 11) is -0.653. The number of hydrogen-bond acceptors (Lipinski definition) is 2. The second kappa shape index (κ2) is 4.92. The molecule has 0 N–H and O–H groups in total. The van der Waals surface area contributed by atoms with Gasteiger partial charge in [-0.15, -0.1) is 0 Å². The molecule has 0 saturated carbocycles. The average molecular weight is 164 g/mol. The van der Waals surface area contributed by atoms with Crippen LogP contribution >= 0.6 is 7.37 Å². The average Bonchev–Trinajstić information content (AvgIpc) is 1.89. The Hall–Kier alpha value is 0.190. The van der Waals surface area contributed by atoms with E-state index in [1.807, 2.05) is 13.8 Å². The van der Waals surface area contributed by atoms with Crippen LogP contribution in [-0.4, -0.2) is 19.4 Å². The zero-order valence-corrected chi connectivity index (χ0v) is 7.99. The first-order chi connectivity index (χ1) is 4.68. The van der Waals surface area contributed by atoms with E-state index in [1.165, 1.54) is 0 Å². The van der Waals surface area contributed by atoms with Crippen LogP contribution in [0.4, 0.5) is 0 Å². The Bertz CT molecular complexity index is 113. The molecule has 2 nitrogen and oxygen atoms in total. The predicted molar refractivity (Wildman–Crippen MR) is 44.9 cm³/mol. The molecule has 0 fully saturated rings. The van der Waals surface area contributed by atoms with Gasteiger partial charge in [0, 0.05) is 19.4 Å². The van der Waals surface area contributed by atoms with Crippen molar-refractivity contribution >= 4 is 7.37 Å². The first-order valence-corrected chi connectivity index (χ1v) is 5.82. The van der Waals surface area contributed by atoms with Crippen LogP contribution in [0, 0.1) is 0 Å². The molecule has 3 heteroatoms. The molecule has 62 valence electrons. The molecule has 0 aromatic rings. The molecule has 0 saturated heterocycles. The Morgan fingerprint density at radius 1 is 1.20 bits per heavy atom. The maximum absolute atomic E-state index is 11.6. The second-order valence-corrected chi connectivity index (χ2v) is 5.33. The molecule has 0 atom stereocenters. The van der Waals surface area contributed by atoms with E-state index in [0.717, 1.165) is 25.2 Å². The van der Waals surface area contributed by atoms with Crippen molar-refractivity contribution in [3.63, 3.8) is 0 Å². The lowest BCUT2D eigenvalue weighted by Crippen LogP contribution is -1.95. The van der Waals surface area contributed by atoms with Crippen LogP contribution in [0.3, 0.4) is 0 Å². The monoisotopic (exact) mass is 164 g/mol. The van der Waals surface area contributed by atoms with Crippen LogP contribution in [-0.2, 0) is 9.09 Å². The Balaban J connectivity index is 3.83. The zero-order chi connectivity index (χ0) is 8.04. The van der Waals surface area contributed by atoms with Crippen molar-refractivity contribution in [1.82, 2.24) is 0 Å². The van der Waals surface area contributed by atoms with Gasteiger partial charge < -0.3 is 4.52 Å². The summed E-state index contributed by atoms with van der Waals surface area (Å²) in [5, 5.41) is 0. The van der Waals surface area contributed by atoms with Crippen LogP contribution < -0.4 is 0 Å². The fourth-order valence-electron chi connectivity index (χ4n) is 0.976. The molecule has 0 heterocycles. The summed E-state index contributed by atoms with van der Waals surface area (Å²) in [6.07, 6.45) is 3.37. The summed E-state index contributed by atoms with van der Waals surface area (Å²) in [6.45, 7) is 4.06. The van der Waals surface area contributed by atoms with Crippen molar-refractivity contribution in [3.05, 3.63) is 0 Å². The topological polar surface area (TPSA) is 26.3 Å². The molecule has 0 bridgehead atoms. The zero-order valence-electron chi connectivity index (χ0n) is 7.09. The standard InChI is InChI=1S/C7H17O2P/c1-4-6-10(8,9-3)7-5-2/h4-7H2,1-3H3. The smallest absolute Gasteiger partial charge is 0.202 e. The first-order valence-electron chi connectivity index (χ1n) is 3.82. The number of hydrogen-bond donors (Lipinski definition) is 0. The molecule has 10 heavy (non-hydrogen) atoms. The molecule has 0 aliphatic carbocycles. The number of rotatable bonds is 5. The fourth-order valence-corrected chi connectivity index (χ4v) is 2.93. The molecule has 0 spiro atoms. The Labute approximate surface area is 63.4 Å². The van der Waals surface area contributed by atoms with Crippen LogP contribution in [0.15, 0.2) is 0 Å². The Morgan fingerprint density at radius 3 is 1.80 bits per heavy atom. The van der Waals surface area contributed by atoms with Gasteiger partial charge in [-0.05, 0) is 12.8 Å². The highest BCUT2D eigenvalue weighted by Gasteiger charge is 2.17. The van der Waals surface area contributed by atoms with E-state index >= 15 is 0 Å². The summed E-state index contributed by atoms with van der Waals surface area (Å²) in [5.41, 5.74) is 0. The van der Waals surface area contributed by atoms with E-state index in [4.69, 9.17) is 4.52 Å². The molecule has 0 aliphatic heterocycles. The van der Waals surface area contributed by atoms with Gasteiger partial charge in [0.1, 0.15) is 0 Å². The van der Waals surface area contributed by atoms with E-state index in [9.17, 15) is 4.57 Å². The quantitative estimate of drug-likeness (QED) is 0.584. The van der Waals surface area contributed by atoms with E-state index in [0.29, 0.717) is 0 Å². The Kier molecular flexibility index (Phi) is 5.02. The van der Waals surface area contributed by atoms with E-state index < -0.39 is 7.37 Å². The van der Waals surface area contributed by atoms with E-state index in [-0.39, 0.29) is 0 Å². The van der Waals surface area contributed by atoms with Gasteiger partial charge >= 0.3 is 0 Å². The summed E-state index contributed by atoms with van der Waals surface area (Å²) in [4.78, 5) is 0. The Morgan fingerprint density at radius 2 is 1.60 bits per heavy atom. The summed E-state index contributed by atoms with van der Waals surface area (Å²) < 4.78 is 16.5. The normalized spacial score (nSPS) is 11.9. The maximum atomic E-state index is 11.6. The van der Waals surface area contributed by atoms with Crippen LogP contribution in [0.5, 0.6) is 0 Å². The SMILES string of the molecule is CCCP(=O)(CCC)OC. The van der Waals surface area contributed by atoms with Gasteiger partial charge in [0.05, 0.1) is 0 Å². The van der Waals surface area contributed by atoms with Crippen molar-refractivity contribution in [1.29, 1.82) is 0 Å². The molecule has 0 aromatic heterocycles. The highest BCUT2D eigenvalue weighted by atomic mass is 31.2. The van der Waals surface area contributed by atoms with Crippen LogP contribution in [0.25, 0.3) is 0 Å². The third-order valence-electron chi connectivity index (χ3n) is 1.46. The van der Waals surface area contributed by atoms with Gasteiger partial charge in [0.2, 0.25) is 7.37 Å². The van der Waals surface area contributed by atoms with Gasteiger partial charge in [0.15, 0.2) is 0 Å². The lowest BCUT2D eigenvalue weighted by Gasteiger charge is -2.13. The van der Waals surface area contributed by atoms with Crippen molar-refractivity contribution in [2.45, 2.75) is 26.7 Å². The van der Waals surface area contributed by atoms with Gasteiger partial charge in [-0.3, -0.25) is 4.57 Å². The summed E-state index contributed by atoms with van der Waals surface area (Å²) in [6, 6.07) is 0. The maximum Gasteiger partial charge on any atom is 0.202 e. The fraction of sp³-hybridized carbons (Fsp3) is 1.00. The van der Waals surface area contributed by atoms with E-state index in [2.05, 4.69) is 0 Å². The van der Waals surface area contributed by atoms with Crippen molar-refractivity contribution in [2.75, 3.05) is 19.4 Å². The molecular formula is C7H17O2P. The summed E-state index contributed by atoms with van der Waals surface area (Å²) >= 11 is 0. The molecule has 0 rings (SSSR count). The molecule has 0 aliphatic rings. The lowest BCUT2D eigenvalue weighted by atomic mass is 10.6. The third-order valence-corrected chi connectivity index (χ3v) is 4.38. The molecule has 0 aromatic carbocycles. The van der Waals surface area contributed by atoms with Crippen LogP contribution in [0.2, 0.25) is 0 Å². The van der Waals surface area contributed by atoms with Crippen molar-refractivity contribution in [3.8, 4) is 0 Å². The van der Waals surface area contributed by atoms with Gasteiger partial charge in [-0.1, -0.05) is 13.8 Å². The minimum absolute atomic E-state index is 0.733. The lowest BCUT2D eigenvalue weighted by molar-refractivity contribution is 0.392. The highest BCUT2D eigenvalue weighted by Crippen LogP contribution is 2.46. The largest absolute Gasteiger partial charge is 0.332 e. The van der Waals surface area contributed by atoms with Crippen molar-refractivity contribution < 1.29 is 9.09 Å². The first kappa shape index (κ1) is 10.2. The molecule has 0 unspecified atom stereocenters. The minimum atomic E-state index is -2.20. The third kappa shape index (κ3) is 3.38. The predicted octanol–water partition coefficient (Wildman–Crippen LogP) is 2.73. The van der Waals surface area contributed by atoms with Gasteiger partial charge in [-0.25, -0.2) is 0 Å². The van der Waals surface area contributed by atoms with Crippen molar-refractivity contribution in [2.24, 2.45) is 0 Å². The minimum Gasteiger partial charge on any atom is -0.332 e. The van der Waals surface area contributed by atoms with E-state index in [1.54, 1.807) is 7.11 Å². The van der Waals surface area contributed by atoms with Gasteiger partial charge in [0.25, 0.3) is 0 Å². The highest BCUT2D eigenvalue weighted by molar-refractivity contribution is 7.58. The second-order valence-electron chi connectivity index (χ2n) is 2.44. The molecular weight excluding hydrogens is 147 g/mol. The molecule has 0 amide bonds. The summed E-state index contributed by atoms with van der Waals surface area (Å²) in [5.74, 6) is 0. The van der Waals surface area contributed by atoms with Crippen LogP contribution in [0.1, 0.15) is 26.7 Å². The van der Waals surface area contributed by atoms with Gasteiger partial charge in [-0.2, -0.15) is 0 Å².